The zero-order chi connectivity index (χ0) is 27.0. The Bertz CT molecular complexity index is 1080. The van der Waals surface area contributed by atoms with Crippen LogP contribution in [0.3, 0.4) is 0 Å². The number of hydrogen-bond acceptors (Lipinski definition) is 4. The van der Waals surface area contributed by atoms with Crippen LogP contribution in [0.2, 0.25) is 0 Å². The van der Waals surface area contributed by atoms with E-state index in [2.05, 4.69) is 0 Å². The average Bonchev–Trinajstić information content (AvgIpc) is 2.80. The molecule has 2 aromatic carbocycles. The quantitative estimate of drug-likeness (QED) is 0.386. The normalized spacial score (nSPS) is 18.9. The maximum atomic E-state index is 16.0. The first-order chi connectivity index (χ1) is 16.7. The highest BCUT2D eigenvalue weighted by Gasteiger charge is 2.42. The third-order valence-electron chi connectivity index (χ3n) is 5.97. The van der Waals surface area contributed by atoms with E-state index in [-0.39, 0.29) is 41.8 Å². The minimum atomic E-state index is -5.12. The lowest BCUT2D eigenvalue weighted by atomic mass is 9.80. The van der Waals surface area contributed by atoms with Crippen LogP contribution in [0.4, 0.5) is 41.2 Å². The predicted molar refractivity (Wildman–Crippen MR) is 116 cm³/mol. The van der Waals surface area contributed by atoms with E-state index in [9.17, 15) is 31.1 Å². The Hall–Kier alpha value is -3.18. The minimum Gasteiger partial charge on any atom is -0.493 e. The molecular weight excluding hydrogens is 499 g/mol. The van der Waals surface area contributed by atoms with Gasteiger partial charge in [0, 0.05) is 18.0 Å². The van der Waals surface area contributed by atoms with Crippen molar-refractivity contribution < 1.29 is 49.7 Å². The third-order valence-corrected chi connectivity index (χ3v) is 5.97. The van der Waals surface area contributed by atoms with Crippen molar-refractivity contribution in [2.24, 2.45) is 0 Å². The molecule has 3 atom stereocenters. The van der Waals surface area contributed by atoms with Gasteiger partial charge >= 0.3 is 18.4 Å². The number of hydrogen-bond donors (Lipinski definition) is 0. The Morgan fingerprint density at radius 1 is 0.972 bits per heavy atom. The number of alkyl halides is 7. The van der Waals surface area contributed by atoms with Gasteiger partial charge in [-0.15, -0.1) is 0 Å². The van der Waals surface area contributed by atoms with Crippen LogP contribution < -0.4 is 14.4 Å². The van der Waals surface area contributed by atoms with Crippen LogP contribution in [0.15, 0.2) is 30.3 Å². The Morgan fingerprint density at radius 3 is 1.97 bits per heavy atom. The van der Waals surface area contributed by atoms with Crippen molar-refractivity contribution in [3.05, 3.63) is 52.6 Å². The summed E-state index contributed by atoms with van der Waals surface area (Å²) in [7, 11) is 2.64. The van der Waals surface area contributed by atoms with Crippen LogP contribution in [0, 0.1) is 0 Å². The van der Waals surface area contributed by atoms with E-state index in [4.69, 9.17) is 14.2 Å². The lowest BCUT2D eigenvalue weighted by Crippen LogP contribution is -2.44. The molecule has 0 N–H and O–H groups in total. The zero-order valence-electron chi connectivity index (χ0n) is 19.8. The summed E-state index contributed by atoms with van der Waals surface area (Å²) in [5.41, 5.74) is -3.70. The van der Waals surface area contributed by atoms with Crippen LogP contribution in [0.5, 0.6) is 11.5 Å². The molecule has 198 valence electrons. The van der Waals surface area contributed by atoms with E-state index < -0.39 is 53.3 Å². The van der Waals surface area contributed by atoms with Crippen molar-refractivity contribution in [2.45, 2.75) is 50.8 Å². The molecule has 1 aliphatic rings. The van der Waals surface area contributed by atoms with Crippen LogP contribution >= 0.6 is 0 Å². The van der Waals surface area contributed by atoms with Gasteiger partial charge in [-0.05, 0) is 55.7 Å². The van der Waals surface area contributed by atoms with Crippen LogP contribution in [-0.4, -0.2) is 33.0 Å². The molecule has 1 heterocycles. The molecule has 0 fully saturated rings. The highest BCUT2D eigenvalue weighted by molar-refractivity contribution is 5.91. The lowest BCUT2D eigenvalue weighted by molar-refractivity contribution is -0.143. The van der Waals surface area contributed by atoms with Gasteiger partial charge in [0.1, 0.15) is 6.17 Å². The monoisotopic (exact) mass is 523 g/mol. The molecule has 3 rings (SSSR count). The molecule has 1 aliphatic heterocycles. The van der Waals surface area contributed by atoms with Gasteiger partial charge in [-0.25, -0.2) is 9.18 Å². The Morgan fingerprint density at radius 2 is 1.50 bits per heavy atom. The number of benzene rings is 2. The SMILES string of the molecule is CCOC(=O)N1c2cc(OC)c(OC)cc2[C@H](C(F)c2cc(C(F)(F)F)cc(C(F)(F)F)c2)C[C@H]1C. The van der Waals surface area contributed by atoms with E-state index in [0.717, 1.165) is 0 Å². The summed E-state index contributed by atoms with van der Waals surface area (Å²) in [6, 6.07) is 2.76. The summed E-state index contributed by atoms with van der Waals surface area (Å²) in [4.78, 5) is 13.9. The average molecular weight is 523 g/mol. The third kappa shape index (κ3) is 5.31. The molecule has 0 radical (unpaired) electrons. The van der Waals surface area contributed by atoms with E-state index in [0.29, 0.717) is 12.1 Å². The Labute approximate surface area is 202 Å². The molecule has 36 heavy (non-hydrogen) atoms. The zero-order valence-corrected chi connectivity index (χ0v) is 19.8. The summed E-state index contributed by atoms with van der Waals surface area (Å²) in [5.74, 6) is -0.871. The van der Waals surface area contributed by atoms with Gasteiger partial charge in [0.25, 0.3) is 0 Å². The van der Waals surface area contributed by atoms with Crippen molar-refractivity contribution >= 4 is 11.8 Å². The predicted octanol–water partition coefficient (Wildman–Crippen LogP) is 7.29. The first kappa shape index (κ1) is 27.4. The van der Waals surface area contributed by atoms with E-state index in [1.165, 1.54) is 31.3 Å². The van der Waals surface area contributed by atoms with Crippen molar-refractivity contribution in [3.63, 3.8) is 0 Å². The molecule has 0 spiro atoms. The number of nitrogens with zero attached hydrogens (tertiary/aromatic N) is 1. The number of anilines is 1. The maximum Gasteiger partial charge on any atom is 0.416 e. The number of ether oxygens (including phenoxy) is 3. The van der Waals surface area contributed by atoms with Gasteiger partial charge in [-0.3, -0.25) is 4.90 Å². The topological polar surface area (TPSA) is 48.0 Å². The molecule has 0 saturated heterocycles. The van der Waals surface area contributed by atoms with Gasteiger partial charge in [0.15, 0.2) is 11.5 Å². The molecule has 0 saturated carbocycles. The maximum absolute atomic E-state index is 16.0. The van der Waals surface area contributed by atoms with E-state index >= 15 is 4.39 Å². The summed E-state index contributed by atoms with van der Waals surface area (Å²) >= 11 is 0. The second kappa shape index (κ2) is 10.1. The fraction of sp³-hybridized carbons (Fsp3) is 0.458. The lowest BCUT2D eigenvalue weighted by Gasteiger charge is -2.40. The van der Waals surface area contributed by atoms with Crippen LogP contribution in [0.25, 0.3) is 0 Å². The van der Waals surface area contributed by atoms with Crippen molar-refractivity contribution in [1.29, 1.82) is 0 Å². The first-order valence-electron chi connectivity index (χ1n) is 10.9. The number of halogens is 7. The summed E-state index contributed by atoms with van der Waals surface area (Å²) in [5, 5.41) is 0. The number of methoxy groups -OCH3 is 2. The summed E-state index contributed by atoms with van der Waals surface area (Å²) in [6.07, 6.45) is -13.4. The highest BCUT2D eigenvalue weighted by Crippen LogP contribution is 2.51. The molecule has 0 aromatic heterocycles. The first-order valence-corrected chi connectivity index (χ1v) is 10.9. The van der Waals surface area contributed by atoms with Crippen molar-refractivity contribution in [3.8, 4) is 11.5 Å². The highest BCUT2D eigenvalue weighted by atomic mass is 19.4. The Balaban J connectivity index is 2.20. The fourth-order valence-corrected chi connectivity index (χ4v) is 4.35. The summed E-state index contributed by atoms with van der Waals surface area (Å²) in [6.45, 7) is 3.21. The van der Waals surface area contributed by atoms with Crippen LogP contribution in [-0.2, 0) is 17.1 Å². The van der Waals surface area contributed by atoms with Gasteiger partial charge in [-0.1, -0.05) is 0 Å². The van der Waals surface area contributed by atoms with Gasteiger partial charge in [0.2, 0.25) is 0 Å². The Kier molecular flexibility index (Phi) is 7.66. The molecule has 0 aliphatic carbocycles. The number of fused-ring (bicyclic) bond motifs is 1. The molecule has 1 amide bonds. The molecule has 1 unspecified atom stereocenters. The van der Waals surface area contributed by atoms with Crippen molar-refractivity contribution in [1.82, 2.24) is 0 Å². The van der Waals surface area contributed by atoms with Gasteiger partial charge in [0.05, 0.1) is 37.6 Å². The largest absolute Gasteiger partial charge is 0.493 e. The fourth-order valence-electron chi connectivity index (χ4n) is 4.35. The summed E-state index contributed by atoms with van der Waals surface area (Å²) < 4.78 is 112. The second-order valence-electron chi connectivity index (χ2n) is 8.27. The molecule has 5 nitrogen and oxygen atoms in total. The number of carbonyl (C=O) groups excluding carboxylic acids is 1. The molecule has 2 aromatic rings. The van der Waals surface area contributed by atoms with E-state index in [1.54, 1.807) is 13.8 Å². The standard InChI is InChI=1S/C24H24F7NO4/c1-5-36-22(33)32-12(2)6-17(16-10-19(34-3)20(35-4)11-18(16)32)21(25)13-7-14(23(26,27)28)9-15(8-13)24(29,30)31/h7-12,17,21H,5-6H2,1-4H3/t12-,17-,21?/m1/s1. The smallest absolute Gasteiger partial charge is 0.416 e. The molecule has 12 heteroatoms. The van der Waals surface area contributed by atoms with Crippen LogP contribution in [0.1, 0.15) is 54.6 Å². The number of amides is 1. The second-order valence-corrected chi connectivity index (χ2v) is 8.27. The van der Waals surface area contributed by atoms with Crippen molar-refractivity contribution in [2.75, 3.05) is 25.7 Å². The molecular formula is C24H24F7NO4. The number of carbonyl (C=O) groups is 1. The van der Waals surface area contributed by atoms with E-state index in [1.807, 2.05) is 0 Å². The molecule has 0 bridgehead atoms. The van der Waals surface area contributed by atoms with Gasteiger partial charge < -0.3 is 14.2 Å². The number of rotatable bonds is 5. The van der Waals surface area contributed by atoms with Gasteiger partial charge in [-0.2, -0.15) is 26.3 Å². The minimum absolute atomic E-state index is 0.0459.